The Kier molecular flexibility index (Phi) is 8.26. The molecule has 0 atom stereocenters. The predicted octanol–water partition coefficient (Wildman–Crippen LogP) is 1.49. The number of benzene rings is 1. The van der Waals surface area contributed by atoms with E-state index in [0.29, 0.717) is 18.8 Å². The van der Waals surface area contributed by atoms with Crippen molar-refractivity contribution in [2.24, 2.45) is 5.73 Å². The van der Waals surface area contributed by atoms with E-state index < -0.39 is 10.8 Å². The molecule has 0 aliphatic heterocycles. The van der Waals surface area contributed by atoms with Crippen molar-refractivity contribution in [3.63, 3.8) is 0 Å². The van der Waals surface area contributed by atoms with E-state index >= 15 is 0 Å². The van der Waals surface area contributed by atoms with Crippen molar-refractivity contribution in [1.82, 2.24) is 5.32 Å². The van der Waals surface area contributed by atoms with E-state index in [1.54, 1.807) is 0 Å². The summed E-state index contributed by atoms with van der Waals surface area (Å²) in [4.78, 5) is 22.1. The molecular weight excluding hydrogens is 286 g/mol. The van der Waals surface area contributed by atoms with Crippen LogP contribution in [0.3, 0.4) is 0 Å². The van der Waals surface area contributed by atoms with Gasteiger partial charge in [0.25, 0.3) is 11.6 Å². The standard InChI is InChI=1S/C12H17N3O4.ClH/c1-19-11-5-4-9(15(17)18)8-10(11)12(16)14-7-3-2-6-13;/h4-5,8H,2-3,6-7,13H2,1H3,(H,14,16);1H. The number of nitrogens with one attached hydrogen (secondary N) is 1. The molecule has 1 amide bonds. The fraction of sp³-hybridized carbons (Fsp3) is 0.417. The molecule has 0 saturated heterocycles. The number of nitro benzene ring substituents is 1. The quantitative estimate of drug-likeness (QED) is 0.451. The first kappa shape index (κ1) is 18.1. The van der Waals surface area contributed by atoms with Crippen molar-refractivity contribution in [2.45, 2.75) is 12.8 Å². The van der Waals surface area contributed by atoms with Gasteiger partial charge in [-0.05, 0) is 25.5 Å². The lowest BCUT2D eigenvalue weighted by atomic mass is 10.1. The van der Waals surface area contributed by atoms with Crippen LogP contribution in [0.4, 0.5) is 5.69 Å². The van der Waals surface area contributed by atoms with Gasteiger partial charge in [0.2, 0.25) is 0 Å². The van der Waals surface area contributed by atoms with Crippen LogP contribution in [-0.4, -0.2) is 31.0 Å². The number of hydrogen-bond donors (Lipinski definition) is 2. The van der Waals surface area contributed by atoms with Gasteiger partial charge in [0.15, 0.2) is 0 Å². The van der Waals surface area contributed by atoms with Crippen molar-refractivity contribution in [2.75, 3.05) is 20.2 Å². The summed E-state index contributed by atoms with van der Waals surface area (Å²) in [5.74, 6) is -0.0838. The molecule has 1 aromatic rings. The number of amides is 1. The van der Waals surface area contributed by atoms with Gasteiger partial charge in [0.1, 0.15) is 5.75 Å². The monoisotopic (exact) mass is 303 g/mol. The zero-order valence-electron chi connectivity index (χ0n) is 11.1. The highest BCUT2D eigenvalue weighted by molar-refractivity contribution is 5.97. The lowest BCUT2D eigenvalue weighted by Gasteiger charge is -2.09. The fourth-order valence-corrected chi connectivity index (χ4v) is 1.55. The van der Waals surface area contributed by atoms with Crippen LogP contribution in [0.2, 0.25) is 0 Å². The SMILES string of the molecule is COc1ccc([N+](=O)[O-])cc1C(=O)NCCCCN.Cl. The summed E-state index contributed by atoms with van der Waals surface area (Å²) in [6, 6.07) is 3.91. The van der Waals surface area contributed by atoms with E-state index in [1.807, 2.05) is 0 Å². The first-order chi connectivity index (χ1) is 9.10. The Morgan fingerprint density at radius 1 is 1.45 bits per heavy atom. The number of hydrogen-bond acceptors (Lipinski definition) is 5. The minimum atomic E-state index is -0.551. The minimum absolute atomic E-state index is 0. The van der Waals surface area contributed by atoms with Crippen molar-refractivity contribution >= 4 is 24.0 Å². The maximum atomic E-state index is 11.9. The van der Waals surface area contributed by atoms with Crippen LogP contribution in [-0.2, 0) is 0 Å². The van der Waals surface area contributed by atoms with E-state index in [4.69, 9.17) is 10.5 Å². The molecule has 0 aliphatic carbocycles. The van der Waals surface area contributed by atoms with Gasteiger partial charge in [-0.2, -0.15) is 0 Å². The average molecular weight is 304 g/mol. The second kappa shape index (κ2) is 9.11. The number of rotatable bonds is 7. The Hall–Kier alpha value is -1.86. The van der Waals surface area contributed by atoms with Crippen LogP contribution < -0.4 is 15.8 Å². The van der Waals surface area contributed by atoms with E-state index in [9.17, 15) is 14.9 Å². The summed E-state index contributed by atoms with van der Waals surface area (Å²) < 4.78 is 5.03. The zero-order chi connectivity index (χ0) is 14.3. The summed E-state index contributed by atoms with van der Waals surface area (Å²) in [6.07, 6.45) is 1.58. The number of halogens is 1. The number of nitrogens with two attached hydrogens (primary N) is 1. The Labute approximate surface area is 123 Å². The largest absolute Gasteiger partial charge is 0.496 e. The molecule has 0 aliphatic rings. The van der Waals surface area contributed by atoms with Crippen LogP contribution in [0.5, 0.6) is 5.75 Å². The lowest BCUT2D eigenvalue weighted by molar-refractivity contribution is -0.384. The summed E-state index contributed by atoms with van der Waals surface area (Å²) in [6.45, 7) is 1.04. The topological polar surface area (TPSA) is 107 Å². The third-order valence-corrected chi connectivity index (χ3v) is 2.55. The summed E-state index contributed by atoms with van der Waals surface area (Å²) >= 11 is 0. The first-order valence-electron chi connectivity index (χ1n) is 5.91. The molecule has 112 valence electrons. The predicted molar refractivity (Wildman–Crippen MR) is 77.5 cm³/mol. The molecule has 0 fully saturated rings. The molecule has 1 aromatic carbocycles. The summed E-state index contributed by atoms with van der Waals surface area (Å²) in [7, 11) is 1.41. The van der Waals surface area contributed by atoms with Gasteiger partial charge in [-0.1, -0.05) is 0 Å². The minimum Gasteiger partial charge on any atom is -0.496 e. The molecule has 0 saturated carbocycles. The molecule has 20 heavy (non-hydrogen) atoms. The second-order valence-electron chi connectivity index (χ2n) is 3.89. The molecule has 3 N–H and O–H groups in total. The third kappa shape index (κ3) is 5.02. The molecule has 1 rings (SSSR count). The van der Waals surface area contributed by atoms with Gasteiger partial charge >= 0.3 is 0 Å². The Morgan fingerprint density at radius 3 is 2.70 bits per heavy atom. The van der Waals surface area contributed by atoms with Crippen LogP contribution >= 0.6 is 12.4 Å². The number of ether oxygens (including phenoxy) is 1. The highest BCUT2D eigenvalue weighted by Gasteiger charge is 2.16. The van der Waals surface area contributed by atoms with Crippen LogP contribution in [0.15, 0.2) is 18.2 Å². The zero-order valence-corrected chi connectivity index (χ0v) is 11.9. The van der Waals surface area contributed by atoms with Gasteiger partial charge in [0, 0.05) is 18.7 Å². The third-order valence-electron chi connectivity index (χ3n) is 2.55. The fourth-order valence-electron chi connectivity index (χ4n) is 1.55. The Morgan fingerprint density at radius 2 is 2.15 bits per heavy atom. The van der Waals surface area contributed by atoms with Gasteiger partial charge in [-0.3, -0.25) is 14.9 Å². The second-order valence-corrected chi connectivity index (χ2v) is 3.89. The molecule has 0 radical (unpaired) electrons. The van der Waals surface area contributed by atoms with E-state index in [1.165, 1.54) is 25.3 Å². The highest BCUT2D eigenvalue weighted by Crippen LogP contribution is 2.23. The van der Waals surface area contributed by atoms with Gasteiger partial charge in [0.05, 0.1) is 17.6 Å². The van der Waals surface area contributed by atoms with Crippen molar-refractivity contribution in [1.29, 1.82) is 0 Å². The number of methoxy groups -OCH3 is 1. The average Bonchev–Trinajstić information content (AvgIpc) is 2.42. The van der Waals surface area contributed by atoms with Crippen LogP contribution in [0.25, 0.3) is 0 Å². The number of nitrogens with zero attached hydrogens (tertiary/aromatic N) is 1. The molecule has 0 unspecified atom stereocenters. The lowest BCUT2D eigenvalue weighted by Crippen LogP contribution is -2.25. The molecular formula is C12H18ClN3O4. The van der Waals surface area contributed by atoms with Gasteiger partial charge in [-0.25, -0.2) is 0 Å². The normalized spacial score (nSPS) is 9.50. The highest BCUT2D eigenvalue weighted by atomic mass is 35.5. The first-order valence-corrected chi connectivity index (χ1v) is 5.91. The van der Waals surface area contributed by atoms with Gasteiger partial charge in [-0.15, -0.1) is 12.4 Å². The molecule has 0 bridgehead atoms. The molecule has 0 heterocycles. The number of carbonyl (C=O) groups excluding carboxylic acids is 1. The number of nitro groups is 1. The molecule has 0 aromatic heterocycles. The maximum absolute atomic E-state index is 11.9. The van der Waals surface area contributed by atoms with Crippen LogP contribution in [0, 0.1) is 10.1 Å². The van der Waals surface area contributed by atoms with Crippen molar-refractivity contribution in [3.8, 4) is 5.75 Å². The molecule has 0 spiro atoms. The number of carbonyl (C=O) groups is 1. The van der Waals surface area contributed by atoms with E-state index in [2.05, 4.69) is 5.32 Å². The summed E-state index contributed by atoms with van der Waals surface area (Å²) in [5.41, 5.74) is 5.36. The van der Waals surface area contributed by atoms with Crippen LogP contribution in [0.1, 0.15) is 23.2 Å². The number of unbranched alkanes of at least 4 members (excludes halogenated alkanes) is 1. The smallest absolute Gasteiger partial charge is 0.270 e. The molecule has 7 nitrogen and oxygen atoms in total. The maximum Gasteiger partial charge on any atom is 0.270 e. The molecule has 8 heteroatoms. The number of non-ortho nitro benzene ring substituents is 1. The van der Waals surface area contributed by atoms with Gasteiger partial charge < -0.3 is 15.8 Å². The van der Waals surface area contributed by atoms with E-state index in [0.717, 1.165) is 12.8 Å². The summed E-state index contributed by atoms with van der Waals surface area (Å²) in [5, 5.41) is 13.4. The van der Waals surface area contributed by atoms with Crippen molar-refractivity contribution in [3.05, 3.63) is 33.9 Å². The Balaban J connectivity index is 0.00000361. The van der Waals surface area contributed by atoms with E-state index in [-0.39, 0.29) is 23.7 Å². The Bertz CT molecular complexity index is 468. The van der Waals surface area contributed by atoms with Crippen molar-refractivity contribution < 1.29 is 14.5 Å².